The number of piperidine rings is 3. The summed E-state index contributed by atoms with van der Waals surface area (Å²) in [5.74, 6) is 0.808. The molecule has 2 bridgehead atoms. The number of nitrogens with zero attached hydrogens (tertiary/aromatic N) is 1. The van der Waals surface area contributed by atoms with E-state index in [0.29, 0.717) is 25.1 Å². The van der Waals surface area contributed by atoms with Crippen molar-refractivity contribution in [2.45, 2.75) is 18.9 Å². The van der Waals surface area contributed by atoms with Crippen LogP contribution in [0, 0.1) is 5.92 Å². The Morgan fingerprint density at radius 1 is 1.41 bits per heavy atom. The summed E-state index contributed by atoms with van der Waals surface area (Å²) in [7, 11) is 1.66. The molecule has 0 radical (unpaired) electrons. The molecule has 2 N–H and O–H groups in total. The molecule has 5 nitrogen and oxygen atoms in total. The van der Waals surface area contributed by atoms with E-state index in [1.165, 1.54) is 25.9 Å². The van der Waals surface area contributed by atoms with Crippen LogP contribution in [-0.2, 0) is 9.53 Å². The molecule has 1 atom stereocenters. The number of ether oxygens (including phenoxy) is 1. The van der Waals surface area contributed by atoms with Crippen molar-refractivity contribution in [1.29, 1.82) is 0 Å². The first kappa shape index (κ1) is 12.8. The fourth-order valence-corrected chi connectivity index (χ4v) is 2.76. The van der Waals surface area contributed by atoms with Gasteiger partial charge in [-0.2, -0.15) is 0 Å². The second-order valence-electron chi connectivity index (χ2n) is 4.98. The lowest BCUT2D eigenvalue weighted by molar-refractivity contribution is -0.122. The Bertz CT molecular complexity index is 252. The monoisotopic (exact) mass is 241 g/mol. The maximum Gasteiger partial charge on any atom is 0.234 e. The van der Waals surface area contributed by atoms with Crippen LogP contribution in [0.3, 0.4) is 0 Å². The van der Waals surface area contributed by atoms with Gasteiger partial charge < -0.3 is 20.3 Å². The lowest BCUT2D eigenvalue weighted by Crippen LogP contribution is -2.58. The second-order valence-corrected chi connectivity index (χ2v) is 4.98. The summed E-state index contributed by atoms with van der Waals surface area (Å²) in [5, 5.41) is 6.21. The molecule has 5 heteroatoms. The van der Waals surface area contributed by atoms with E-state index in [0.717, 1.165) is 13.1 Å². The quantitative estimate of drug-likeness (QED) is 0.612. The predicted octanol–water partition coefficient (Wildman–Crippen LogP) is -0.567. The Kier molecular flexibility index (Phi) is 4.76. The smallest absolute Gasteiger partial charge is 0.234 e. The Labute approximate surface area is 103 Å². The maximum absolute atomic E-state index is 11.7. The molecule has 0 spiro atoms. The van der Waals surface area contributed by atoms with Crippen LogP contribution in [0.2, 0.25) is 0 Å². The molecule has 0 aromatic carbocycles. The van der Waals surface area contributed by atoms with Crippen LogP contribution in [0.1, 0.15) is 12.8 Å². The average Bonchev–Trinajstić information content (AvgIpc) is 2.36. The minimum absolute atomic E-state index is 0.111. The van der Waals surface area contributed by atoms with Crippen LogP contribution >= 0.6 is 0 Å². The molecule has 0 aromatic heterocycles. The first-order valence-electron chi connectivity index (χ1n) is 6.51. The number of fused-ring (bicyclic) bond motifs is 3. The van der Waals surface area contributed by atoms with E-state index in [9.17, 15) is 4.79 Å². The molecular weight excluding hydrogens is 218 g/mol. The molecule has 0 saturated carbocycles. The van der Waals surface area contributed by atoms with Crippen LogP contribution in [0.5, 0.6) is 0 Å². The molecule has 3 aliphatic rings. The summed E-state index contributed by atoms with van der Waals surface area (Å²) < 4.78 is 4.91. The number of amides is 1. The maximum atomic E-state index is 11.7. The van der Waals surface area contributed by atoms with Gasteiger partial charge in [-0.05, 0) is 31.8 Å². The van der Waals surface area contributed by atoms with Gasteiger partial charge in [-0.25, -0.2) is 0 Å². The standard InChI is InChI=1S/C12H23N3O2/c1-17-7-4-13-8-12(16)14-11-9-15-5-2-10(11)3-6-15/h10-11,13H,2-9H2,1H3,(H,14,16). The van der Waals surface area contributed by atoms with Gasteiger partial charge in [0.05, 0.1) is 13.2 Å². The van der Waals surface area contributed by atoms with E-state index in [1.807, 2.05) is 0 Å². The van der Waals surface area contributed by atoms with Gasteiger partial charge in [0.1, 0.15) is 0 Å². The Morgan fingerprint density at radius 3 is 2.76 bits per heavy atom. The SMILES string of the molecule is COCCNCC(=O)NC1CN2CCC1CC2. The molecule has 0 aliphatic carbocycles. The second kappa shape index (κ2) is 6.33. The van der Waals surface area contributed by atoms with Crippen LogP contribution in [0.15, 0.2) is 0 Å². The van der Waals surface area contributed by atoms with Crippen molar-refractivity contribution >= 4 is 5.91 Å². The van der Waals surface area contributed by atoms with Gasteiger partial charge in [-0.3, -0.25) is 4.79 Å². The van der Waals surface area contributed by atoms with Gasteiger partial charge in [0.25, 0.3) is 0 Å². The summed E-state index contributed by atoms with van der Waals surface area (Å²) in [6.07, 6.45) is 2.48. The molecule has 3 saturated heterocycles. The number of carbonyl (C=O) groups excluding carboxylic acids is 1. The van der Waals surface area contributed by atoms with Crippen molar-refractivity contribution in [2.24, 2.45) is 5.92 Å². The van der Waals surface area contributed by atoms with E-state index in [-0.39, 0.29) is 5.91 Å². The highest BCUT2D eigenvalue weighted by Crippen LogP contribution is 2.27. The zero-order valence-corrected chi connectivity index (χ0v) is 10.6. The van der Waals surface area contributed by atoms with E-state index in [1.54, 1.807) is 7.11 Å². The molecule has 3 fully saturated rings. The molecule has 3 aliphatic heterocycles. The first-order chi connectivity index (χ1) is 8.29. The number of nitrogens with one attached hydrogen (secondary N) is 2. The van der Waals surface area contributed by atoms with E-state index >= 15 is 0 Å². The Morgan fingerprint density at radius 2 is 2.18 bits per heavy atom. The third kappa shape index (κ3) is 3.66. The first-order valence-corrected chi connectivity index (χ1v) is 6.51. The van der Waals surface area contributed by atoms with Crippen molar-refractivity contribution in [1.82, 2.24) is 15.5 Å². The third-order valence-corrected chi connectivity index (χ3v) is 3.77. The number of rotatable bonds is 6. The molecule has 1 unspecified atom stereocenters. The predicted molar refractivity (Wildman–Crippen MR) is 65.8 cm³/mol. The third-order valence-electron chi connectivity index (χ3n) is 3.77. The normalized spacial score (nSPS) is 31.5. The number of hydrogen-bond donors (Lipinski definition) is 2. The molecular formula is C12H23N3O2. The zero-order chi connectivity index (χ0) is 12.1. The van der Waals surface area contributed by atoms with Crippen molar-refractivity contribution in [3.8, 4) is 0 Å². The van der Waals surface area contributed by atoms with Gasteiger partial charge in [0.2, 0.25) is 5.91 Å². The van der Waals surface area contributed by atoms with Crippen molar-refractivity contribution in [2.75, 3.05) is 46.4 Å². The van der Waals surface area contributed by atoms with Crippen molar-refractivity contribution in [3.05, 3.63) is 0 Å². The zero-order valence-electron chi connectivity index (χ0n) is 10.6. The topological polar surface area (TPSA) is 53.6 Å². The van der Waals surface area contributed by atoms with Crippen LogP contribution < -0.4 is 10.6 Å². The summed E-state index contributed by atoms with van der Waals surface area (Å²) in [6.45, 7) is 5.23. The molecule has 98 valence electrons. The summed E-state index contributed by atoms with van der Waals surface area (Å²) >= 11 is 0. The number of hydrogen-bond acceptors (Lipinski definition) is 4. The molecule has 1 amide bonds. The minimum atomic E-state index is 0.111. The van der Waals surface area contributed by atoms with Gasteiger partial charge >= 0.3 is 0 Å². The highest BCUT2D eigenvalue weighted by Gasteiger charge is 2.34. The van der Waals surface area contributed by atoms with Gasteiger partial charge in [-0.1, -0.05) is 0 Å². The van der Waals surface area contributed by atoms with E-state index in [4.69, 9.17) is 4.74 Å². The largest absolute Gasteiger partial charge is 0.383 e. The average molecular weight is 241 g/mol. The Balaban J connectivity index is 1.65. The van der Waals surface area contributed by atoms with Crippen molar-refractivity contribution in [3.63, 3.8) is 0 Å². The van der Waals surface area contributed by atoms with Gasteiger partial charge in [0.15, 0.2) is 0 Å². The van der Waals surface area contributed by atoms with Crippen LogP contribution in [0.25, 0.3) is 0 Å². The summed E-state index contributed by atoms with van der Waals surface area (Å²) in [5.41, 5.74) is 0. The van der Waals surface area contributed by atoms with Crippen LogP contribution in [-0.4, -0.2) is 63.3 Å². The van der Waals surface area contributed by atoms with Crippen molar-refractivity contribution < 1.29 is 9.53 Å². The molecule has 0 aromatic rings. The molecule has 3 rings (SSSR count). The fourth-order valence-electron chi connectivity index (χ4n) is 2.76. The highest BCUT2D eigenvalue weighted by molar-refractivity contribution is 5.78. The van der Waals surface area contributed by atoms with E-state index < -0.39 is 0 Å². The Hall–Kier alpha value is -0.650. The highest BCUT2D eigenvalue weighted by atomic mass is 16.5. The molecule has 17 heavy (non-hydrogen) atoms. The van der Waals surface area contributed by atoms with Gasteiger partial charge in [-0.15, -0.1) is 0 Å². The fraction of sp³-hybridized carbons (Fsp3) is 0.917. The lowest BCUT2D eigenvalue weighted by atomic mass is 9.84. The minimum Gasteiger partial charge on any atom is -0.383 e. The van der Waals surface area contributed by atoms with Crippen LogP contribution in [0.4, 0.5) is 0 Å². The summed E-state index contributed by atoms with van der Waals surface area (Å²) in [6, 6.07) is 0.370. The summed E-state index contributed by atoms with van der Waals surface area (Å²) in [4.78, 5) is 14.2. The number of carbonyl (C=O) groups is 1. The molecule has 3 heterocycles. The number of methoxy groups -OCH3 is 1. The lowest BCUT2D eigenvalue weighted by Gasteiger charge is -2.44. The van der Waals surface area contributed by atoms with E-state index in [2.05, 4.69) is 15.5 Å². The van der Waals surface area contributed by atoms with Gasteiger partial charge in [0, 0.05) is 26.2 Å².